The van der Waals surface area contributed by atoms with Gasteiger partial charge in [-0.3, -0.25) is 10.1 Å². The van der Waals surface area contributed by atoms with Gasteiger partial charge in [-0.15, -0.1) is 0 Å². The second kappa shape index (κ2) is 7.96. The van der Waals surface area contributed by atoms with E-state index in [-0.39, 0.29) is 18.4 Å². The summed E-state index contributed by atoms with van der Waals surface area (Å²) in [6, 6.07) is 3.14. The van der Waals surface area contributed by atoms with Crippen LogP contribution in [-0.2, 0) is 15.7 Å². The Morgan fingerprint density at radius 3 is 2.54 bits per heavy atom. The fourth-order valence-corrected chi connectivity index (χ4v) is 1.43. The molecule has 10 heteroatoms. The van der Waals surface area contributed by atoms with Crippen LogP contribution >= 0.6 is 0 Å². The summed E-state index contributed by atoms with van der Waals surface area (Å²) >= 11 is 0. The Bertz CT molecular complexity index is 708. The van der Waals surface area contributed by atoms with E-state index in [1.807, 2.05) is 0 Å². The first kappa shape index (κ1) is 19.0. The number of ether oxygens (including phenoxy) is 1. The van der Waals surface area contributed by atoms with E-state index in [1.54, 1.807) is 5.32 Å². The van der Waals surface area contributed by atoms with Gasteiger partial charge in [0.1, 0.15) is 17.5 Å². The van der Waals surface area contributed by atoms with Gasteiger partial charge in [0.05, 0.1) is 17.9 Å². The number of nitrogens with zero attached hydrogens (tertiary/aromatic N) is 1. The van der Waals surface area contributed by atoms with Crippen molar-refractivity contribution in [3.63, 3.8) is 0 Å². The van der Waals surface area contributed by atoms with Crippen LogP contribution in [-0.4, -0.2) is 18.6 Å². The minimum atomic E-state index is -4.70. The lowest BCUT2D eigenvalue weighted by Crippen LogP contribution is -2.32. The molecule has 1 rings (SSSR count). The average molecular weight is 345 g/mol. The van der Waals surface area contributed by atoms with Gasteiger partial charge < -0.3 is 10.1 Å². The predicted octanol–water partition coefficient (Wildman–Crippen LogP) is 2.94. The van der Waals surface area contributed by atoms with Crippen LogP contribution in [0.4, 0.5) is 28.0 Å². The summed E-state index contributed by atoms with van der Waals surface area (Å²) in [6.07, 6.45) is -5.03. The molecule has 0 aromatic heterocycles. The normalized spacial score (nSPS) is 11.4. The standard InChI is InChI=1S/C14H11F4N3O3/c1-2-24-13(23)21-12(22)8(6-19)7-20-11-4-3-9(5-10(11)15)14(16,17)18/h3-5,7,20H,2H2,1H3,(H,21,22,23). The van der Waals surface area contributed by atoms with Crippen molar-refractivity contribution in [2.24, 2.45) is 0 Å². The van der Waals surface area contributed by atoms with Gasteiger partial charge >= 0.3 is 12.3 Å². The average Bonchev–Trinajstić information content (AvgIpc) is 2.48. The third kappa shape index (κ3) is 5.28. The predicted molar refractivity (Wildman–Crippen MR) is 73.9 cm³/mol. The van der Waals surface area contributed by atoms with E-state index in [0.717, 1.165) is 12.3 Å². The zero-order valence-corrected chi connectivity index (χ0v) is 12.2. The molecule has 6 nitrogen and oxygen atoms in total. The minimum Gasteiger partial charge on any atom is -0.450 e. The van der Waals surface area contributed by atoms with Crippen LogP contribution in [0.1, 0.15) is 12.5 Å². The van der Waals surface area contributed by atoms with Crippen LogP contribution < -0.4 is 10.6 Å². The molecule has 128 valence electrons. The molecule has 0 saturated carbocycles. The van der Waals surface area contributed by atoms with Gasteiger partial charge in [-0.1, -0.05) is 0 Å². The molecule has 1 aromatic carbocycles. The maximum atomic E-state index is 13.6. The molecule has 0 bridgehead atoms. The topological polar surface area (TPSA) is 91.2 Å². The van der Waals surface area contributed by atoms with Crippen LogP contribution in [0.25, 0.3) is 0 Å². The quantitative estimate of drug-likeness (QED) is 0.497. The van der Waals surface area contributed by atoms with Crippen molar-refractivity contribution in [2.45, 2.75) is 13.1 Å². The molecular weight excluding hydrogens is 334 g/mol. The summed E-state index contributed by atoms with van der Waals surface area (Å²) in [4.78, 5) is 22.6. The summed E-state index contributed by atoms with van der Waals surface area (Å²) in [5.74, 6) is -2.35. The molecule has 0 atom stereocenters. The van der Waals surface area contributed by atoms with Crippen LogP contribution in [0, 0.1) is 17.1 Å². The van der Waals surface area contributed by atoms with E-state index in [2.05, 4.69) is 10.1 Å². The SMILES string of the molecule is CCOC(=O)NC(=O)C(C#N)=CNc1ccc(C(F)(F)F)cc1F. The first-order chi connectivity index (χ1) is 11.2. The number of nitrogens with one attached hydrogen (secondary N) is 2. The van der Waals surface area contributed by atoms with Crippen molar-refractivity contribution in [2.75, 3.05) is 11.9 Å². The van der Waals surface area contributed by atoms with Crippen LogP contribution in [0.5, 0.6) is 0 Å². The highest BCUT2D eigenvalue weighted by Gasteiger charge is 2.31. The smallest absolute Gasteiger partial charge is 0.416 e. The molecule has 0 aliphatic carbocycles. The summed E-state index contributed by atoms with van der Waals surface area (Å²) in [7, 11) is 0. The van der Waals surface area contributed by atoms with Gasteiger partial charge in [-0.2, -0.15) is 18.4 Å². The highest BCUT2D eigenvalue weighted by Crippen LogP contribution is 2.31. The van der Waals surface area contributed by atoms with Crippen LogP contribution in [0.2, 0.25) is 0 Å². The summed E-state index contributed by atoms with van der Waals surface area (Å²) in [5.41, 5.74) is -2.18. The highest BCUT2D eigenvalue weighted by atomic mass is 19.4. The summed E-state index contributed by atoms with van der Waals surface area (Å²) < 4.78 is 55.3. The number of anilines is 1. The van der Waals surface area contributed by atoms with Crippen LogP contribution in [0.3, 0.4) is 0 Å². The van der Waals surface area contributed by atoms with E-state index in [9.17, 15) is 27.2 Å². The van der Waals surface area contributed by atoms with E-state index < -0.39 is 35.1 Å². The number of imide groups is 1. The third-order valence-electron chi connectivity index (χ3n) is 2.52. The largest absolute Gasteiger partial charge is 0.450 e. The second-order valence-electron chi connectivity index (χ2n) is 4.18. The lowest BCUT2D eigenvalue weighted by molar-refractivity contribution is -0.137. The molecule has 0 aliphatic rings. The maximum absolute atomic E-state index is 13.6. The molecule has 0 fully saturated rings. The van der Waals surface area contributed by atoms with Gasteiger partial charge in [-0.25, -0.2) is 9.18 Å². The molecule has 0 spiro atoms. The van der Waals surface area contributed by atoms with E-state index in [4.69, 9.17) is 5.26 Å². The number of halogens is 4. The lowest BCUT2D eigenvalue weighted by atomic mass is 10.2. The summed E-state index contributed by atoms with van der Waals surface area (Å²) in [6.45, 7) is 1.50. The number of carbonyl (C=O) groups excluding carboxylic acids is 2. The number of rotatable bonds is 4. The zero-order chi connectivity index (χ0) is 18.3. The Labute approximate surface area is 133 Å². The number of alkyl carbamates (subject to hydrolysis) is 1. The number of amides is 2. The van der Waals surface area contributed by atoms with Gasteiger partial charge in [-0.05, 0) is 25.1 Å². The maximum Gasteiger partial charge on any atom is 0.416 e. The highest BCUT2D eigenvalue weighted by molar-refractivity contribution is 6.05. The molecule has 24 heavy (non-hydrogen) atoms. The molecule has 0 heterocycles. The molecule has 2 N–H and O–H groups in total. The zero-order valence-electron chi connectivity index (χ0n) is 12.2. The van der Waals surface area contributed by atoms with Crippen molar-refractivity contribution in [3.05, 3.63) is 41.4 Å². The monoisotopic (exact) mass is 345 g/mol. The van der Waals surface area contributed by atoms with E-state index in [1.165, 1.54) is 13.0 Å². The Balaban J connectivity index is 2.88. The van der Waals surface area contributed by atoms with E-state index in [0.29, 0.717) is 6.07 Å². The molecule has 0 aliphatic heterocycles. The fourth-order valence-electron chi connectivity index (χ4n) is 1.43. The van der Waals surface area contributed by atoms with Gasteiger partial charge in [0.15, 0.2) is 0 Å². The molecule has 0 radical (unpaired) electrons. The second-order valence-corrected chi connectivity index (χ2v) is 4.18. The Kier molecular flexibility index (Phi) is 6.29. The van der Waals surface area contributed by atoms with Crippen molar-refractivity contribution in [1.29, 1.82) is 5.26 Å². The number of carbonyl (C=O) groups is 2. The third-order valence-corrected chi connectivity index (χ3v) is 2.52. The molecule has 1 aromatic rings. The van der Waals surface area contributed by atoms with Crippen LogP contribution in [0.15, 0.2) is 30.0 Å². The van der Waals surface area contributed by atoms with Crippen molar-refractivity contribution in [3.8, 4) is 6.07 Å². The van der Waals surface area contributed by atoms with Crippen molar-refractivity contribution < 1.29 is 31.9 Å². The van der Waals surface area contributed by atoms with Gasteiger partial charge in [0, 0.05) is 6.20 Å². The molecule has 0 unspecified atom stereocenters. The van der Waals surface area contributed by atoms with Gasteiger partial charge in [0.2, 0.25) is 0 Å². The summed E-state index contributed by atoms with van der Waals surface area (Å²) in [5, 5.41) is 12.8. The first-order valence-corrected chi connectivity index (χ1v) is 6.40. The Hall–Kier alpha value is -3.09. The Morgan fingerprint density at radius 1 is 1.38 bits per heavy atom. The van der Waals surface area contributed by atoms with Gasteiger partial charge in [0.25, 0.3) is 5.91 Å². The lowest BCUT2D eigenvalue weighted by Gasteiger charge is -2.09. The molecule has 2 amide bonds. The van der Waals surface area contributed by atoms with Crippen molar-refractivity contribution in [1.82, 2.24) is 5.32 Å². The fraction of sp³-hybridized carbons (Fsp3) is 0.214. The molecule has 0 saturated heterocycles. The first-order valence-electron chi connectivity index (χ1n) is 6.40. The van der Waals surface area contributed by atoms with Crippen molar-refractivity contribution >= 4 is 17.7 Å². The molecular formula is C14H11F4N3O3. The number of hydrogen-bond acceptors (Lipinski definition) is 5. The Morgan fingerprint density at radius 2 is 2.04 bits per heavy atom. The number of hydrogen-bond donors (Lipinski definition) is 2. The number of benzene rings is 1. The number of alkyl halides is 3. The van der Waals surface area contributed by atoms with E-state index >= 15 is 0 Å². The number of nitriles is 1. The minimum absolute atomic E-state index is 0.000268.